The minimum Gasteiger partial charge on any atom is -0.393 e. The fraction of sp³-hybridized carbons (Fsp3) is 0.923. The summed E-state index contributed by atoms with van der Waals surface area (Å²) >= 11 is 1.49. The van der Waals surface area contributed by atoms with E-state index in [4.69, 9.17) is 0 Å². The van der Waals surface area contributed by atoms with Crippen LogP contribution in [0.2, 0.25) is 0 Å². The van der Waals surface area contributed by atoms with Crippen molar-refractivity contribution in [1.82, 2.24) is 20.4 Å². The smallest absolute Gasteiger partial charge is 0.229 e. The van der Waals surface area contributed by atoms with Crippen LogP contribution in [0, 0.1) is 46.3 Å². The van der Waals surface area contributed by atoms with Gasteiger partial charge in [-0.3, -0.25) is 0 Å². The van der Waals surface area contributed by atoms with E-state index in [-0.39, 0.29) is 6.10 Å². The van der Waals surface area contributed by atoms with Crippen molar-refractivity contribution in [3.05, 3.63) is 5.82 Å². The lowest BCUT2D eigenvalue weighted by Crippen LogP contribution is -2.54. The van der Waals surface area contributed by atoms with Gasteiger partial charge in [-0.05, 0) is 117 Å². The Kier molecular flexibility index (Phi) is 6.32. The van der Waals surface area contributed by atoms with E-state index in [1.54, 1.807) is 0 Å². The molecule has 1 aromatic rings. The molecule has 0 saturated heterocycles. The van der Waals surface area contributed by atoms with E-state index < -0.39 is 0 Å². The van der Waals surface area contributed by atoms with Gasteiger partial charge in [0, 0.05) is 6.42 Å². The molecule has 4 fully saturated rings. The summed E-state index contributed by atoms with van der Waals surface area (Å²) in [5.41, 5.74) is 0.978. The molecule has 5 nitrogen and oxygen atoms in total. The number of aliphatic hydroxyl groups excluding tert-OH is 1. The van der Waals surface area contributed by atoms with Crippen LogP contribution in [0.4, 0.5) is 0 Å². The van der Waals surface area contributed by atoms with Crippen LogP contribution in [-0.4, -0.2) is 37.9 Å². The third-order valence-corrected chi connectivity index (χ3v) is 11.4. The first kappa shape index (κ1) is 23.0. The summed E-state index contributed by atoms with van der Waals surface area (Å²) in [5, 5.41) is 27.8. The lowest BCUT2D eigenvalue weighted by molar-refractivity contribution is -0.129. The number of fused-ring (bicyclic) bond motifs is 5. The van der Waals surface area contributed by atoms with E-state index in [1.807, 2.05) is 6.26 Å². The zero-order valence-corrected chi connectivity index (χ0v) is 21.3. The van der Waals surface area contributed by atoms with Gasteiger partial charge < -0.3 is 5.11 Å². The van der Waals surface area contributed by atoms with Crippen molar-refractivity contribution >= 4 is 11.8 Å². The summed E-state index contributed by atoms with van der Waals surface area (Å²) in [7, 11) is 0. The molecule has 32 heavy (non-hydrogen) atoms. The molecule has 4 aliphatic rings. The van der Waals surface area contributed by atoms with Gasteiger partial charge in [0.2, 0.25) is 5.16 Å². The van der Waals surface area contributed by atoms with Gasteiger partial charge in [0.05, 0.1) is 6.10 Å². The topological polar surface area (TPSA) is 71.8 Å². The molecule has 6 heteroatoms. The maximum atomic E-state index is 10.3. The molecule has 9 atom stereocenters. The maximum Gasteiger partial charge on any atom is 0.229 e. The van der Waals surface area contributed by atoms with Crippen molar-refractivity contribution in [3.63, 3.8) is 0 Å². The molecule has 0 bridgehead atoms. The standard InChI is InChI=1S/C26H42N4OS/c1-16(5-10-23-27-29-24(32-4)30-28-23)20-8-9-21-19-7-6-17-15-18(31)11-13-25(17,2)22(19)12-14-26(20,21)3/h16-22,31H,5-15H2,1-4H3/t16?,17-,18-,19+,20-,21+,22+,25+,26-/m1/s1. The maximum absolute atomic E-state index is 10.3. The number of aryl methyl sites for hydroxylation is 1. The zero-order valence-electron chi connectivity index (χ0n) is 20.5. The molecule has 0 spiro atoms. The quantitative estimate of drug-likeness (QED) is 0.581. The van der Waals surface area contributed by atoms with Gasteiger partial charge in [-0.25, -0.2) is 0 Å². The fourth-order valence-corrected chi connectivity index (χ4v) is 9.44. The van der Waals surface area contributed by atoms with Gasteiger partial charge in [-0.15, -0.1) is 20.4 Å². The Labute approximate surface area is 198 Å². The SMILES string of the molecule is CSc1nnc(CCC(C)[C@H]2CC[C@H]3[C@@H]4CC[C@@H]5C[C@H](O)CC[C@]5(C)[C@H]4CC[C@]23C)nn1. The van der Waals surface area contributed by atoms with Crippen LogP contribution in [-0.2, 0) is 6.42 Å². The third-order valence-electron chi connectivity index (χ3n) is 10.9. The molecule has 178 valence electrons. The number of aromatic nitrogens is 4. The highest BCUT2D eigenvalue weighted by Gasteiger charge is 2.60. The molecule has 0 radical (unpaired) electrons. The molecule has 1 N–H and O–H groups in total. The molecule has 4 saturated carbocycles. The summed E-state index contributed by atoms with van der Waals surface area (Å²) in [4.78, 5) is 0. The second-order valence-corrected chi connectivity index (χ2v) is 12.9. The third kappa shape index (κ3) is 3.81. The van der Waals surface area contributed by atoms with Crippen molar-refractivity contribution < 1.29 is 5.11 Å². The molecule has 5 rings (SSSR count). The zero-order chi connectivity index (χ0) is 22.5. The van der Waals surface area contributed by atoms with Crippen molar-refractivity contribution in [3.8, 4) is 0 Å². The van der Waals surface area contributed by atoms with E-state index in [1.165, 1.54) is 56.7 Å². The second kappa shape index (κ2) is 8.79. The molecule has 1 unspecified atom stereocenters. The normalized spacial score (nSPS) is 44.4. The minimum absolute atomic E-state index is 0.0403. The molecule has 0 aromatic carbocycles. The van der Waals surface area contributed by atoms with Crippen LogP contribution in [0.5, 0.6) is 0 Å². The van der Waals surface area contributed by atoms with Crippen LogP contribution >= 0.6 is 11.8 Å². The molecule has 0 amide bonds. The van der Waals surface area contributed by atoms with Crippen LogP contribution < -0.4 is 0 Å². The first-order chi connectivity index (χ1) is 15.3. The highest BCUT2D eigenvalue weighted by Crippen LogP contribution is 2.68. The highest BCUT2D eigenvalue weighted by molar-refractivity contribution is 7.98. The van der Waals surface area contributed by atoms with Gasteiger partial charge in [0.25, 0.3) is 0 Å². The Bertz CT molecular complexity index is 806. The molecule has 1 aromatic heterocycles. The van der Waals surface area contributed by atoms with Crippen molar-refractivity contribution in [2.75, 3.05) is 6.26 Å². The predicted octanol–water partition coefficient (Wildman–Crippen LogP) is 5.58. The van der Waals surface area contributed by atoms with Gasteiger partial charge in [-0.1, -0.05) is 32.5 Å². The molecular weight excluding hydrogens is 416 g/mol. The Hall–Kier alpha value is -0.750. The highest BCUT2D eigenvalue weighted by atomic mass is 32.2. The van der Waals surface area contributed by atoms with Gasteiger partial charge in [0.1, 0.15) is 0 Å². The lowest BCUT2D eigenvalue weighted by Gasteiger charge is -2.61. The van der Waals surface area contributed by atoms with E-state index in [2.05, 4.69) is 41.2 Å². The fourth-order valence-electron chi connectivity index (χ4n) is 9.19. The average molecular weight is 459 g/mol. The van der Waals surface area contributed by atoms with Crippen molar-refractivity contribution in [1.29, 1.82) is 0 Å². The Morgan fingerprint density at radius 3 is 2.41 bits per heavy atom. The van der Waals surface area contributed by atoms with Gasteiger partial charge in [-0.2, -0.15) is 0 Å². The summed E-state index contributed by atoms with van der Waals surface area (Å²) in [6.45, 7) is 7.72. The molecular formula is C26H42N4OS. The van der Waals surface area contributed by atoms with E-state index in [9.17, 15) is 5.11 Å². The average Bonchev–Trinajstić information content (AvgIpc) is 3.15. The first-order valence-corrected chi connectivity index (χ1v) is 14.4. The van der Waals surface area contributed by atoms with Gasteiger partial charge >= 0.3 is 0 Å². The Balaban J connectivity index is 1.26. The van der Waals surface area contributed by atoms with Gasteiger partial charge in [0.15, 0.2) is 5.82 Å². The second-order valence-electron chi connectivity index (χ2n) is 12.1. The van der Waals surface area contributed by atoms with Crippen LogP contribution in [0.25, 0.3) is 0 Å². The molecule has 4 aliphatic carbocycles. The summed E-state index contributed by atoms with van der Waals surface area (Å²) in [6, 6.07) is 0. The summed E-state index contributed by atoms with van der Waals surface area (Å²) in [6.07, 6.45) is 15.7. The number of nitrogens with zero attached hydrogens (tertiary/aromatic N) is 4. The number of hydrogen-bond acceptors (Lipinski definition) is 6. The minimum atomic E-state index is -0.0403. The molecule has 1 heterocycles. The van der Waals surface area contributed by atoms with Crippen LogP contribution in [0.3, 0.4) is 0 Å². The predicted molar refractivity (Wildman–Crippen MR) is 128 cm³/mol. The van der Waals surface area contributed by atoms with Crippen molar-refractivity contribution in [2.45, 2.75) is 103 Å². The van der Waals surface area contributed by atoms with E-state index in [0.29, 0.717) is 21.9 Å². The van der Waals surface area contributed by atoms with Crippen LogP contribution in [0.15, 0.2) is 5.16 Å². The van der Waals surface area contributed by atoms with Crippen molar-refractivity contribution in [2.24, 2.45) is 46.3 Å². The van der Waals surface area contributed by atoms with E-state index in [0.717, 1.165) is 61.1 Å². The lowest BCUT2D eigenvalue weighted by atomic mass is 9.44. The summed E-state index contributed by atoms with van der Waals surface area (Å²) in [5.74, 6) is 5.77. The number of thioether (sulfide) groups is 1. The monoisotopic (exact) mass is 458 g/mol. The number of aliphatic hydroxyl groups is 1. The van der Waals surface area contributed by atoms with Crippen LogP contribution in [0.1, 0.15) is 90.8 Å². The Morgan fingerprint density at radius 2 is 1.66 bits per heavy atom. The molecule has 0 aliphatic heterocycles. The first-order valence-electron chi connectivity index (χ1n) is 13.1. The summed E-state index contributed by atoms with van der Waals surface area (Å²) < 4.78 is 0. The van der Waals surface area contributed by atoms with E-state index >= 15 is 0 Å². The number of hydrogen-bond donors (Lipinski definition) is 1. The largest absolute Gasteiger partial charge is 0.393 e. The Morgan fingerprint density at radius 1 is 0.938 bits per heavy atom. The number of rotatable bonds is 5.